The fourth-order valence-corrected chi connectivity index (χ4v) is 2.47. The molecule has 1 N–H and O–H groups in total. The van der Waals surface area contributed by atoms with E-state index in [4.69, 9.17) is 4.74 Å². The third-order valence-electron chi connectivity index (χ3n) is 3.86. The van der Waals surface area contributed by atoms with Gasteiger partial charge >= 0.3 is 0 Å². The van der Waals surface area contributed by atoms with Crippen molar-refractivity contribution in [1.82, 2.24) is 5.32 Å². The summed E-state index contributed by atoms with van der Waals surface area (Å²) in [6, 6.07) is 8.16. The lowest BCUT2D eigenvalue weighted by Crippen LogP contribution is -2.34. The van der Waals surface area contributed by atoms with Crippen LogP contribution in [0.3, 0.4) is 0 Å². The van der Waals surface area contributed by atoms with Crippen molar-refractivity contribution in [3.05, 3.63) is 42.0 Å². The Hall–Kier alpha value is -1.77. The Morgan fingerprint density at radius 2 is 2.05 bits per heavy atom. The zero-order chi connectivity index (χ0) is 15.1. The van der Waals surface area contributed by atoms with E-state index in [2.05, 4.69) is 43.4 Å². The fourth-order valence-electron chi connectivity index (χ4n) is 2.47. The molecule has 0 fully saturated rings. The van der Waals surface area contributed by atoms with Gasteiger partial charge in [0.15, 0.2) is 0 Å². The molecule has 0 heterocycles. The highest BCUT2D eigenvalue weighted by Gasteiger charge is 2.17. The Bertz CT molecular complexity index is 476. The summed E-state index contributed by atoms with van der Waals surface area (Å²) in [5.74, 6) is 1.68. The summed E-state index contributed by atoms with van der Waals surface area (Å²) < 4.78 is 5.65. The summed E-state index contributed by atoms with van der Waals surface area (Å²) in [5, 5.41) is 2.95. The fraction of sp³-hybridized carbons (Fsp3) is 0.500. The van der Waals surface area contributed by atoms with Gasteiger partial charge in [0.2, 0.25) is 5.91 Å². The highest BCUT2D eigenvalue weighted by molar-refractivity contribution is 5.78. The normalized spacial score (nSPS) is 17.8. The lowest BCUT2D eigenvalue weighted by molar-refractivity contribution is -0.125. The van der Waals surface area contributed by atoms with E-state index in [0.29, 0.717) is 19.1 Å². The molecule has 1 atom stereocenters. The minimum absolute atomic E-state index is 0.139. The number of carbonyl (C=O) groups is 1. The van der Waals surface area contributed by atoms with Crippen molar-refractivity contribution < 1.29 is 9.53 Å². The third kappa shape index (κ3) is 4.92. The van der Waals surface area contributed by atoms with Gasteiger partial charge in [0.05, 0.1) is 6.54 Å². The van der Waals surface area contributed by atoms with Crippen LogP contribution in [0.5, 0.6) is 5.75 Å². The van der Waals surface area contributed by atoms with Crippen molar-refractivity contribution in [3.63, 3.8) is 0 Å². The molecule has 0 radical (unpaired) electrons. The van der Waals surface area contributed by atoms with Crippen LogP contribution in [0, 0.1) is 5.92 Å². The highest BCUT2D eigenvalue weighted by atomic mass is 16.5. The molecule has 0 saturated carbocycles. The molecule has 1 aliphatic rings. The third-order valence-corrected chi connectivity index (χ3v) is 3.86. The molecule has 0 spiro atoms. The van der Waals surface area contributed by atoms with Gasteiger partial charge in [-0.05, 0) is 42.9 Å². The van der Waals surface area contributed by atoms with E-state index in [1.165, 1.54) is 5.56 Å². The number of hydrogen-bond acceptors (Lipinski definition) is 2. The number of benzene rings is 1. The van der Waals surface area contributed by atoms with E-state index in [1.54, 1.807) is 0 Å². The Morgan fingerprint density at radius 1 is 1.29 bits per heavy atom. The second-order valence-corrected chi connectivity index (χ2v) is 5.84. The lowest BCUT2D eigenvalue weighted by atomic mass is 9.94. The molecule has 1 aromatic carbocycles. The molecule has 1 amide bonds. The molecule has 2 rings (SSSR count). The van der Waals surface area contributed by atoms with Crippen LogP contribution in [-0.2, 0) is 4.79 Å². The van der Waals surface area contributed by atoms with Gasteiger partial charge in [0.1, 0.15) is 12.4 Å². The van der Waals surface area contributed by atoms with Gasteiger partial charge in [-0.3, -0.25) is 4.79 Å². The maximum absolute atomic E-state index is 11.9. The van der Waals surface area contributed by atoms with Crippen molar-refractivity contribution in [3.8, 4) is 5.75 Å². The van der Waals surface area contributed by atoms with Crippen molar-refractivity contribution in [2.75, 3.05) is 13.2 Å². The summed E-state index contributed by atoms with van der Waals surface area (Å²) in [5.41, 5.74) is 1.31. The van der Waals surface area contributed by atoms with Crippen LogP contribution < -0.4 is 10.1 Å². The van der Waals surface area contributed by atoms with E-state index in [-0.39, 0.29) is 11.8 Å². The predicted octanol–water partition coefficient (Wildman–Crippen LogP) is 3.66. The van der Waals surface area contributed by atoms with Crippen LogP contribution in [0.1, 0.15) is 44.6 Å². The minimum atomic E-state index is 0.139. The van der Waals surface area contributed by atoms with E-state index >= 15 is 0 Å². The molecule has 3 heteroatoms. The number of amides is 1. The number of nitrogens with one attached hydrogen (secondary N) is 1. The lowest BCUT2D eigenvalue weighted by Gasteiger charge is -2.17. The van der Waals surface area contributed by atoms with Gasteiger partial charge in [-0.2, -0.15) is 0 Å². The Balaban J connectivity index is 1.67. The largest absolute Gasteiger partial charge is 0.492 e. The van der Waals surface area contributed by atoms with Crippen LogP contribution in [0.15, 0.2) is 36.4 Å². The molecule has 1 unspecified atom stereocenters. The predicted molar refractivity (Wildman–Crippen MR) is 85.5 cm³/mol. The molecular weight excluding hydrogens is 262 g/mol. The Morgan fingerprint density at radius 3 is 2.67 bits per heavy atom. The molecule has 1 aliphatic carbocycles. The van der Waals surface area contributed by atoms with Gasteiger partial charge in [0, 0.05) is 5.92 Å². The maximum atomic E-state index is 11.9. The van der Waals surface area contributed by atoms with Crippen molar-refractivity contribution in [2.45, 2.75) is 39.0 Å². The SMILES string of the molecule is CC(C)c1ccc(OCCNC(=O)C2CC=CCC2)cc1. The number of rotatable bonds is 6. The average Bonchev–Trinajstić information content (AvgIpc) is 2.52. The number of hydrogen-bond donors (Lipinski definition) is 1. The van der Waals surface area contributed by atoms with Gasteiger partial charge in [-0.1, -0.05) is 38.1 Å². The molecular formula is C18H25NO2. The van der Waals surface area contributed by atoms with Crippen LogP contribution in [0.2, 0.25) is 0 Å². The Labute approximate surface area is 127 Å². The number of ether oxygens (including phenoxy) is 1. The zero-order valence-corrected chi connectivity index (χ0v) is 13.0. The zero-order valence-electron chi connectivity index (χ0n) is 13.0. The van der Waals surface area contributed by atoms with Crippen LogP contribution in [0.4, 0.5) is 0 Å². The molecule has 1 aromatic rings. The topological polar surface area (TPSA) is 38.3 Å². The molecule has 3 nitrogen and oxygen atoms in total. The number of allylic oxidation sites excluding steroid dienone is 2. The summed E-state index contributed by atoms with van der Waals surface area (Å²) in [6.45, 7) is 5.41. The second kappa shape index (κ2) is 7.87. The Kier molecular flexibility index (Phi) is 5.85. The second-order valence-electron chi connectivity index (χ2n) is 5.84. The van der Waals surface area contributed by atoms with E-state index < -0.39 is 0 Å². The quantitative estimate of drug-likeness (QED) is 0.640. The molecule has 0 bridgehead atoms. The van der Waals surface area contributed by atoms with Gasteiger partial charge in [0.25, 0.3) is 0 Å². The summed E-state index contributed by atoms with van der Waals surface area (Å²) in [6.07, 6.45) is 7.08. The van der Waals surface area contributed by atoms with Crippen molar-refractivity contribution >= 4 is 5.91 Å². The van der Waals surface area contributed by atoms with Crippen LogP contribution in [0.25, 0.3) is 0 Å². The van der Waals surface area contributed by atoms with Crippen LogP contribution >= 0.6 is 0 Å². The first-order valence-electron chi connectivity index (χ1n) is 7.82. The maximum Gasteiger partial charge on any atom is 0.223 e. The highest BCUT2D eigenvalue weighted by Crippen LogP contribution is 2.19. The smallest absolute Gasteiger partial charge is 0.223 e. The molecule has 0 saturated heterocycles. The first-order valence-corrected chi connectivity index (χ1v) is 7.82. The summed E-state index contributed by atoms with van der Waals surface area (Å²) in [4.78, 5) is 11.9. The molecule has 0 aromatic heterocycles. The van der Waals surface area contributed by atoms with Crippen molar-refractivity contribution in [1.29, 1.82) is 0 Å². The standard InChI is InChI=1S/C18H25NO2/c1-14(2)15-8-10-17(11-9-15)21-13-12-19-18(20)16-6-4-3-5-7-16/h3-4,8-11,14,16H,5-7,12-13H2,1-2H3,(H,19,20). The minimum Gasteiger partial charge on any atom is -0.492 e. The van der Waals surface area contributed by atoms with Gasteiger partial charge in [-0.15, -0.1) is 0 Å². The van der Waals surface area contributed by atoms with Crippen LogP contribution in [-0.4, -0.2) is 19.1 Å². The van der Waals surface area contributed by atoms with Gasteiger partial charge in [-0.25, -0.2) is 0 Å². The first-order chi connectivity index (χ1) is 10.2. The average molecular weight is 287 g/mol. The van der Waals surface area contributed by atoms with Gasteiger partial charge < -0.3 is 10.1 Å². The molecule has 21 heavy (non-hydrogen) atoms. The summed E-state index contributed by atoms with van der Waals surface area (Å²) in [7, 11) is 0. The monoisotopic (exact) mass is 287 g/mol. The number of carbonyl (C=O) groups excluding carboxylic acids is 1. The summed E-state index contributed by atoms with van der Waals surface area (Å²) >= 11 is 0. The molecule has 0 aliphatic heterocycles. The first kappa shape index (κ1) is 15.6. The van der Waals surface area contributed by atoms with E-state index in [1.807, 2.05) is 12.1 Å². The van der Waals surface area contributed by atoms with E-state index in [9.17, 15) is 4.79 Å². The molecule has 114 valence electrons. The van der Waals surface area contributed by atoms with E-state index in [0.717, 1.165) is 25.0 Å². The van der Waals surface area contributed by atoms with Crippen molar-refractivity contribution in [2.24, 2.45) is 5.92 Å².